The summed E-state index contributed by atoms with van der Waals surface area (Å²) in [4.78, 5) is 72.9. The fourth-order valence-corrected chi connectivity index (χ4v) is 4.84. The first-order chi connectivity index (χ1) is 33.0. The van der Waals surface area contributed by atoms with Crippen molar-refractivity contribution >= 4 is 17.9 Å². The number of H-pyrrole nitrogens is 1. The standard InChI is InChI=1S/C11H14N4.2C11H13N4.C10H12N2O3.C6H6N2O2.Pt/c3*1-11(2,3)9-7-8(14-15-9)10-12-5-4-6-13-10;1-10(2,3)9(14)15-8(13)7-11-5-4-6-12-7;1-10-6(9)5-7-3-2-4-8-5;/h4-7H,1-3H3,(H,14,15);2*4-7H,1-3H3;4-6H,1-3H3;2-4H,1H3;/q;2*-1;;;+2. The van der Waals surface area contributed by atoms with Gasteiger partial charge in [-0.05, 0) is 57.2 Å². The quantitative estimate of drug-likeness (QED) is 0.131. The van der Waals surface area contributed by atoms with Crippen LogP contribution in [0.15, 0.2) is 110 Å². The molecule has 71 heavy (non-hydrogen) atoms. The van der Waals surface area contributed by atoms with Crippen LogP contribution in [0.1, 0.15) is 121 Å². The molecule has 1 N–H and O–H groups in total. The number of nitrogens with one attached hydrogen (secondary N) is 1. The van der Waals surface area contributed by atoms with Crippen molar-refractivity contribution in [3.05, 3.63) is 139 Å². The van der Waals surface area contributed by atoms with Crippen LogP contribution >= 0.6 is 0 Å². The molecule has 374 valence electrons. The molecule has 8 aromatic rings. The first-order valence-corrected chi connectivity index (χ1v) is 21.8. The second kappa shape index (κ2) is 26.3. The molecular weight excluding hydrogens is 1090 g/mol. The van der Waals surface area contributed by atoms with Gasteiger partial charge in [-0.1, -0.05) is 85.8 Å². The summed E-state index contributed by atoms with van der Waals surface area (Å²) >= 11 is 0. The van der Waals surface area contributed by atoms with Crippen LogP contribution < -0.4 is 10.2 Å². The molecule has 8 heterocycles. The van der Waals surface area contributed by atoms with Crippen molar-refractivity contribution in [3.8, 4) is 34.6 Å². The summed E-state index contributed by atoms with van der Waals surface area (Å²) in [5.41, 5.74) is 4.66. The minimum Gasteiger partial charge on any atom is -0.572 e. The summed E-state index contributed by atoms with van der Waals surface area (Å²) in [6.45, 7) is 24.0. The van der Waals surface area contributed by atoms with E-state index in [1.807, 2.05) is 18.2 Å². The summed E-state index contributed by atoms with van der Waals surface area (Å²) in [6, 6.07) is 14.4. The molecular formula is C49H58N16O5Pt. The molecule has 0 saturated carbocycles. The Kier molecular flexibility index (Phi) is 21.4. The van der Waals surface area contributed by atoms with Gasteiger partial charge in [0.2, 0.25) is 11.6 Å². The Morgan fingerprint density at radius 1 is 0.479 bits per heavy atom. The molecule has 0 bridgehead atoms. The van der Waals surface area contributed by atoms with Crippen LogP contribution in [0.3, 0.4) is 0 Å². The van der Waals surface area contributed by atoms with Crippen LogP contribution in [0.4, 0.5) is 0 Å². The van der Waals surface area contributed by atoms with Gasteiger partial charge in [0.25, 0.3) is 0 Å². The number of ether oxygens (including phenoxy) is 2. The second-order valence-corrected chi connectivity index (χ2v) is 18.9. The molecule has 0 atom stereocenters. The van der Waals surface area contributed by atoms with Crippen molar-refractivity contribution in [3.63, 3.8) is 0 Å². The van der Waals surface area contributed by atoms with E-state index in [-0.39, 0.29) is 49.0 Å². The number of aromatic nitrogens is 16. The molecule has 0 radical (unpaired) electrons. The van der Waals surface area contributed by atoms with Crippen molar-refractivity contribution in [1.82, 2.24) is 80.4 Å². The number of rotatable bonds is 5. The van der Waals surface area contributed by atoms with Gasteiger partial charge < -0.3 is 29.9 Å². The predicted molar refractivity (Wildman–Crippen MR) is 258 cm³/mol. The summed E-state index contributed by atoms with van der Waals surface area (Å²) in [5.74, 6) is -0.0542. The number of carbonyl (C=O) groups is 3. The van der Waals surface area contributed by atoms with Crippen LogP contribution in [-0.4, -0.2) is 95.3 Å². The maximum absolute atomic E-state index is 11.3. The van der Waals surface area contributed by atoms with E-state index in [1.54, 1.807) is 88.3 Å². The normalized spacial score (nSPS) is 10.9. The van der Waals surface area contributed by atoms with Crippen molar-refractivity contribution in [2.75, 3.05) is 7.11 Å². The average molecular weight is 1150 g/mol. The van der Waals surface area contributed by atoms with E-state index in [2.05, 4.69) is 152 Å². The summed E-state index contributed by atoms with van der Waals surface area (Å²) in [7, 11) is 1.29. The van der Waals surface area contributed by atoms with E-state index < -0.39 is 23.3 Å². The van der Waals surface area contributed by atoms with Gasteiger partial charge in [-0.25, -0.2) is 59.4 Å². The zero-order chi connectivity index (χ0) is 51.5. The Bertz CT molecular complexity index is 2610. The van der Waals surface area contributed by atoms with Gasteiger partial charge in [-0.3, -0.25) is 9.89 Å². The van der Waals surface area contributed by atoms with Gasteiger partial charge >= 0.3 is 39.0 Å². The van der Waals surface area contributed by atoms with Gasteiger partial charge in [0, 0.05) is 95.3 Å². The van der Waals surface area contributed by atoms with Gasteiger partial charge in [0.15, 0.2) is 5.82 Å². The molecule has 0 aliphatic heterocycles. The zero-order valence-electron chi connectivity index (χ0n) is 42.0. The summed E-state index contributed by atoms with van der Waals surface area (Å²) in [5, 5.41) is 23.6. The van der Waals surface area contributed by atoms with Gasteiger partial charge in [-0.15, -0.1) is 0 Å². The van der Waals surface area contributed by atoms with E-state index >= 15 is 0 Å². The number of hydrogen-bond donors (Lipinski definition) is 1. The smallest absolute Gasteiger partial charge is 0.572 e. The maximum Gasteiger partial charge on any atom is 2.00 e. The Labute approximate surface area is 427 Å². The molecule has 21 nitrogen and oxygen atoms in total. The van der Waals surface area contributed by atoms with Crippen LogP contribution in [0.5, 0.6) is 0 Å². The van der Waals surface area contributed by atoms with Crippen LogP contribution in [0.25, 0.3) is 34.6 Å². The Balaban J connectivity index is 0.000000235. The Morgan fingerprint density at radius 2 is 0.831 bits per heavy atom. The minimum absolute atomic E-state index is 0. The molecule has 0 aliphatic carbocycles. The van der Waals surface area contributed by atoms with Crippen molar-refractivity contribution < 1.29 is 44.9 Å². The molecule has 0 aliphatic rings. The largest absolute Gasteiger partial charge is 2.00 e. The van der Waals surface area contributed by atoms with E-state index in [1.165, 1.54) is 31.9 Å². The topological polar surface area (TPSA) is 281 Å². The van der Waals surface area contributed by atoms with Gasteiger partial charge in [-0.2, -0.15) is 5.10 Å². The molecule has 0 unspecified atom stereocenters. The fourth-order valence-electron chi connectivity index (χ4n) is 4.84. The molecule has 8 aromatic heterocycles. The van der Waals surface area contributed by atoms with E-state index in [4.69, 9.17) is 0 Å². The number of esters is 3. The van der Waals surface area contributed by atoms with Crippen LogP contribution in [0.2, 0.25) is 0 Å². The average Bonchev–Trinajstić information content (AvgIpc) is 4.16. The third-order valence-electron chi connectivity index (χ3n) is 8.87. The fraction of sp³-hybridized carbons (Fsp3) is 0.347. The Morgan fingerprint density at radius 3 is 1.14 bits per heavy atom. The molecule has 0 aromatic carbocycles. The van der Waals surface area contributed by atoms with Crippen molar-refractivity contribution in [2.45, 2.75) is 99.3 Å². The third-order valence-corrected chi connectivity index (χ3v) is 8.87. The van der Waals surface area contributed by atoms with Gasteiger partial charge in [0.05, 0.1) is 12.5 Å². The first-order valence-electron chi connectivity index (χ1n) is 21.8. The van der Waals surface area contributed by atoms with Crippen LogP contribution in [-0.2, 0) is 51.6 Å². The molecule has 22 heteroatoms. The first kappa shape index (κ1) is 57.6. The Hall–Kier alpha value is -7.67. The summed E-state index contributed by atoms with van der Waals surface area (Å²) in [6.07, 6.45) is 16.0. The van der Waals surface area contributed by atoms with E-state index in [0.717, 1.165) is 34.2 Å². The van der Waals surface area contributed by atoms with Gasteiger partial charge in [0.1, 0.15) is 17.3 Å². The number of hydrogen-bond acceptors (Lipinski definition) is 18. The van der Waals surface area contributed by atoms with Crippen molar-refractivity contribution in [2.24, 2.45) is 5.41 Å². The number of methoxy groups -OCH3 is 1. The second-order valence-electron chi connectivity index (χ2n) is 18.9. The number of carbonyl (C=O) groups excluding carboxylic acids is 3. The molecule has 0 amide bonds. The van der Waals surface area contributed by atoms with E-state index in [9.17, 15) is 14.4 Å². The predicted octanol–water partition coefficient (Wildman–Crippen LogP) is 7.22. The molecule has 8 rings (SSSR count). The molecule has 0 spiro atoms. The molecule has 0 saturated heterocycles. The third kappa shape index (κ3) is 19.0. The number of aromatic amines is 1. The maximum atomic E-state index is 11.3. The summed E-state index contributed by atoms with van der Waals surface area (Å²) < 4.78 is 8.97. The molecule has 0 fully saturated rings. The number of nitrogens with zero attached hydrogens (tertiary/aromatic N) is 15. The SMILES string of the molecule is CC(C)(C)C(=O)OC(=O)c1ncccn1.CC(C)(C)c1cc(-c2ncccn2)[n-]n1.CC(C)(C)c1cc(-c2ncccn2)[n-]n1.CC(C)(C)c1cc(-c2ncccn2)n[nH]1.COC(=O)c1ncccn1.[Pt+2]. The van der Waals surface area contributed by atoms with Crippen LogP contribution in [0, 0.1) is 5.41 Å². The minimum atomic E-state index is -0.824. The zero-order valence-corrected chi connectivity index (χ0v) is 44.2. The van der Waals surface area contributed by atoms with Crippen molar-refractivity contribution in [1.29, 1.82) is 0 Å². The monoisotopic (exact) mass is 1150 g/mol. The van der Waals surface area contributed by atoms with E-state index in [0.29, 0.717) is 17.5 Å².